The molecule has 0 radical (unpaired) electrons. The summed E-state index contributed by atoms with van der Waals surface area (Å²) < 4.78 is 48.3. The van der Waals surface area contributed by atoms with Crippen molar-refractivity contribution in [1.82, 2.24) is 0 Å². The Balaban J connectivity index is 0.000000791. The molecule has 1 aromatic carbocycles. The van der Waals surface area contributed by atoms with Crippen LogP contribution >= 0.6 is 13.6 Å². The molecule has 0 N–H and O–H groups in total. The van der Waals surface area contributed by atoms with Crippen LogP contribution < -0.4 is 0 Å². The molecule has 0 saturated heterocycles. The topological polar surface area (TPSA) is 0 Å². The minimum absolute atomic E-state index is 0.0389. The Morgan fingerprint density at radius 3 is 2.07 bits per heavy atom. The van der Waals surface area contributed by atoms with E-state index < -0.39 is 17.6 Å². The molecule has 0 aromatic heterocycles. The van der Waals surface area contributed by atoms with Crippen LogP contribution in [0, 0.1) is 12.7 Å². The second-order valence-electron chi connectivity index (χ2n) is 2.30. The summed E-state index contributed by atoms with van der Waals surface area (Å²) in [7, 11) is 0. The molecular formula is C8H5BrF4Zn. The van der Waals surface area contributed by atoms with E-state index in [1.807, 2.05) is 0 Å². The van der Waals surface area contributed by atoms with E-state index in [0.29, 0.717) is 6.07 Å². The number of hydrogen-bond donors (Lipinski definition) is 0. The maximum absolute atomic E-state index is 12.5. The molecule has 1 rings (SSSR count). The fourth-order valence-corrected chi connectivity index (χ4v) is 0.724. The summed E-state index contributed by atoms with van der Waals surface area (Å²) in [5.41, 5.74) is -1.03. The van der Waals surface area contributed by atoms with Gasteiger partial charge in [0.05, 0.1) is 0 Å². The fraction of sp³-hybridized carbons (Fsp3) is 0.125. The summed E-state index contributed by atoms with van der Waals surface area (Å²) in [4.78, 5) is 0. The van der Waals surface area contributed by atoms with Gasteiger partial charge in [0.25, 0.3) is 0 Å². The molecule has 0 atom stereocenters. The first-order valence-electron chi connectivity index (χ1n) is 3.36. The molecule has 0 aliphatic rings. The minimum atomic E-state index is -4.49. The van der Waals surface area contributed by atoms with E-state index in [1.54, 1.807) is 0 Å². The van der Waals surface area contributed by atoms with Crippen molar-refractivity contribution in [1.29, 1.82) is 0 Å². The molecule has 14 heavy (non-hydrogen) atoms. The SMILES string of the molecule is [CH2-]c1ccc(C(F)(F)F)cc1F.[Zn+][Br]. The Bertz CT molecular complexity index is 298. The van der Waals surface area contributed by atoms with Gasteiger partial charge in [0, 0.05) is 11.4 Å². The third-order valence-corrected chi connectivity index (χ3v) is 1.38. The Labute approximate surface area is 95.7 Å². The van der Waals surface area contributed by atoms with E-state index in [9.17, 15) is 17.6 Å². The van der Waals surface area contributed by atoms with Crippen molar-refractivity contribution in [2.75, 3.05) is 0 Å². The van der Waals surface area contributed by atoms with Gasteiger partial charge in [-0.1, -0.05) is 6.07 Å². The molecule has 0 unspecified atom stereocenters. The molecule has 1 aromatic rings. The summed E-state index contributed by atoms with van der Waals surface area (Å²) in [6, 6.07) is 2.23. The van der Waals surface area contributed by atoms with Crippen molar-refractivity contribution < 1.29 is 33.9 Å². The van der Waals surface area contributed by atoms with Gasteiger partial charge in [0.2, 0.25) is 0 Å². The zero-order chi connectivity index (χ0) is 11.4. The van der Waals surface area contributed by atoms with Crippen LogP contribution in [0.15, 0.2) is 18.2 Å². The predicted octanol–water partition coefficient (Wildman–Crippen LogP) is 3.87. The summed E-state index contributed by atoms with van der Waals surface area (Å²) in [5.74, 6) is -0.940. The standard InChI is InChI=1S/C8H5F4.BrH.Zn/c1-5-2-3-6(4-7(5)9)8(10,11)12;;/h2-4H,1H2;1H;/q-1;;+2/p-1. The van der Waals surface area contributed by atoms with Gasteiger partial charge in [-0.2, -0.15) is 31.7 Å². The number of rotatable bonds is 0. The molecule has 0 bridgehead atoms. The van der Waals surface area contributed by atoms with Crippen LogP contribution in [0.25, 0.3) is 0 Å². The summed E-state index contributed by atoms with van der Waals surface area (Å²) in [5, 5.41) is 0. The molecule has 0 aliphatic heterocycles. The molecule has 0 nitrogen and oxygen atoms in total. The van der Waals surface area contributed by atoms with E-state index in [-0.39, 0.29) is 5.56 Å². The van der Waals surface area contributed by atoms with Crippen LogP contribution in [0.5, 0.6) is 0 Å². The summed E-state index contributed by atoms with van der Waals surface area (Å²) in [6.45, 7) is 3.20. The van der Waals surface area contributed by atoms with Crippen LogP contribution in [0.4, 0.5) is 17.6 Å². The van der Waals surface area contributed by atoms with Crippen molar-refractivity contribution in [3.05, 3.63) is 42.1 Å². The van der Waals surface area contributed by atoms with E-state index in [4.69, 9.17) is 0 Å². The summed E-state index contributed by atoms with van der Waals surface area (Å²) >= 11 is 4.25. The van der Waals surface area contributed by atoms with Crippen LogP contribution in [0.3, 0.4) is 0 Å². The molecule has 0 aliphatic carbocycles. The van der Waals surface area contributed by atoms with Gasteiger partial charge < -0.3 is 0 Å². The number of hydrogen-bond acceptors (Lipinski definition) is 0. The molecule has 74 valence electrons. The average Bonchev–Trinajstić information content (AvgIpc) is 2.11. The number of halogens is 5. The third-order valence-electron chi connectivity index (χ3n) is 1.38. The quantitative estimate of drug-likeness (QED) is 0.386. The molecule has 0 spiro atoms. The third kappa shape index (κ3) is 3.97. The molecule has 0 fully saturated rings. The van der Waals surface area contributed by atoms with Crippen molar-refractivity contribution >= 4 is 13.6 Å². The molecule has 6 heteroatoms. The first-order chi connectivity index (χ1) is 6.41. The Hall–Kier alpha value is -0.0866. The fourth-order valence-electron chi connectivity index (χ4n) is 0.724. The number of benzene rings is 1. The normalized spacial score (nSPS) is 10.5. The Morgan fingerprint density at radius 1 is 1.21 bits per heavy atom. The van der Waals surface area contributed by atoms with E-state index in [0.717, 1.165) is 12.1 Å². The van der Waals surface area contributed by atoms with Crippen molar-refractivity contribution in [3.8, 4) is 0 Å². The van der Waals surface area contributed by atoms with Gasteiger partial charge in [0.15, 0.2) is 0 Å². The van der Waals surface area contributed by atoms with E-state index in [2.05, 4.69) is 20.5 Å². The predicted molar refractivity (Wildman–Crippen MR) is 44.8 cm³/mol. The van der Waals surface area contributed by atoms with Gasteiger partial charge in [-0.05, 0) is 0 Å². The van der Waals surface area contributed by atoms with Gasteiger partial charge in [0.1, 0.15) is 0 Å². The monoisotopic (exact) mass is 320 g/mol. The van der Waals surface area contributed by atoms with Crippen molar-refractivity contribution in [2.24, 2.45) is 0 Å². The Kier molecular flexibility index (Phi) is 5.68. The summed E-state index contributed by atoms with van der Waals surface area (Å²) in [6.07, 6.45) is -4.49. The van der Waals surface area contributed by atoms with Gasteiger partial charge in [-0.15, -0.1) is 6.07 Å². The van der Waals surface area contributed by atoms with Gasteiger partial charge in [-0.25, -0.2) is 0 Å². The second kappa shape index (κ2) is 5.71. The van der Waals surface area contributed by atoms with Crippen LogP contribution in [-0.4, -0.2) is 0 Å². The molecule has 0 amide bonds. The zero-order valence-electron chi connectivity index (χ0n) is 7.04. The van der Waals surface area contributed by atoms with E-state index >= 15 is 0 Å². The molecule has 0 heterocycles. The second-order valence-corrected chi connectivity index (χ2v) is 2.30. The van der Waals surface area contributed by atoms with Crippen LogP contribution in [0.1, 0.15) is 11.1 Å². The molecule has 0 saturated carbocycles. The first kappa shape index (κ1) is 13.9. The van der Waals surface area contributed by atoms with Crippen LogP contribution in [0.2, 0.25) is 0 Å². The van der Waals surface area contributed by atoms with Crippen molar-refractivity contribution in [2.45, 2.75) is 6.18 Å². The molecular weight excluding hydrogens is 317 g/mol. The van der Waals surface area contributed by atoms with Crippen LogP contribution in [-0.2, 0) is 22.5 Å². The van der Waals surface area contributed by atoms with E-state index in [1.165, 1.54) is 16.3 Å². The average molecular weight is 322 g/mol. The van der Waals surface area contributed by atoms with Crippen molar-refractivity contribution in [3.63, 3.8) is 0 Å². The van der Waals surface area contributed by atoms with Gasteiger partial charge >= 0.3 is 36.1 Å². The first-order valence-corrected chi connectivity index (χ1v) is 10.3. The van der Waals surface area contributed by atoms with Gasteiger partial charge in [-0.3, -0.25) is 4.39 Å². The maximum atomic E-state index is 12.5. The Morgan fingerprint density at radius 2 is 1.71 bits per heavy atom. The number of alkyl halides is 3. The zero-order valence-corrected chi connectivity index (χ0v) is 11.6.